The fourth-order valence-electron chi connectivity index (χ4n) is 7.26. The number of carbonyl (C=O) groups is 1. The minimum atomic E-state index is -0.721. The van der Waals surface area contributed by atoms with Crippen molar-refractivity contribution in [2.45, 2.75) is 128 Å². The molecule has 1 aromatic carbocycles. The van der Waals surface area contributed by atoms with E-state index in [0.29, 0.717) is 53.5 Å². The summed E-state index contributed by atoms with van der Waals surface area (Å²) in [4.78, 5) is 28.1. The standard InChI is InChI=1S/C30H41N7O4.C5H10/c1-17(2)36(20-11-18(12-20)9-10-21(38)13-19-7-5-6-8-22(19)31)14-23-25-26(41-30(3,4)40-25)29(39-23)37-16-35-24-27(32)33-15-34-28(24)37;1-5-3-2-4-5/h5-8,15-18,20,23,25-26,29H,9-14,31H2,1-4H3,(H2,32,33,34);5H,2-4H2,1H3/t18?,20?,23-,25-,26-,29-;/m1./s1. The van der Waals surface area contributed by atoms with Gasteiger partial charge >= 0.3 is 0 Å². The Morgan fingerprint density at radius 1 is 1.09 bits per heavy atom. The van der Waals surface area contributed by atoms with E-state index in [1.54, 1.807) is 6.33 Å². The number of nitrogens with zero attached hydrogens (tertiary/aromatic N) is 5. The number of rotatable bonds is 10. The Hall–Kier alpha value is -3.12. The first kappa shape index (κ1) is 32.8. The molecular formula is C35H51N7O4. The van der Waals surface area contributed by atoms with E-state index in [-0.39, 0.29) is 24.1 Å². The molecule has 2 aliphatic carbocycles. The zero-order valence-electron chi connectivity index (χ0n) is 28.0. The molecule has 4 fully saturated rings. The number of nitrogen functional groups attached to an aromatic ring is 2. The highest BCUT2D eigenvalue weighted by atomic mass is 16.8. The number of aromatic nitrogens is 4. The highest BCUT2D eigenvalue weighted by Gasteiger charge is 2.57. The third kappa shape index (κ3) is 7.07. The molecule has 2 aromatic heterocycles. The molecule has 3 aromatic rings. The van der Waals surface area contributed by atoms with Gasteiger partial charge in [0.05, 0.1) is 6.33 Å². The lowest BCUT2D eigenvalue weighted by Gasteiger charge is -2.46. The lowest BCUT2D eigenvalue weighted by Crippen LogP contribution is -2.52. The maximum Gasteiger partial charge on any atom is 0.167 e. The molecule has 4 N–H and O–H groups in total. The Morgan fingerprint density at radius 3 is 2.48 bits per heavy atom. The first-order valence-electron chi connectivity index (χ1n) is 17.0. The van der Waals surface area contributed by atoms with Crippen LogP contribution in [0.15, 0.2) is 36.9 Å². The summed E-state index contributed by atoms with van der Waals surface area (Å²) in [6, 6.07) is 8.39. The molecule has 4 aliphatic rings. The van der Waals surface area contributed by atoms with Crippen molar-refractivity contribution in [1.82, 2.24) is 24.4 Å². The topological polar surface area (TPSA) is 144 Å². The summed E-state index contributed by atoms with van der Waals surface area (Å²) in [5, 5.41) is 0. The van der Waals surface area contributed by atoms with Gasteiger partial charge in [0.15, 0.2) is 23.5 Å². The number of ether oxygens (including phenoxy) is 3. The minimum Gasteiger partial charge on any atom is -0.398 e. The maximum atomic E-state index is 12.6. The van der Waals surface area contributed by atoms with Gasteiger partial charge in [-0.15, -0.1) is 0 Å². The number of ketones is 1. The van der Waals surface area contributed by atoms with E-state index >= 15 is 0 Å². The Morgan fingerprint density at radius 2 is 1.80 bits per heavy atom. The normalized spacial score (nSPS) is 28.5. The van der Waals surface area contributed by atoms with Crippen molar-refractivity contribution < 1.29 is 19.0 Å². The molecule has 2 saturated carbocycles. The highest BCUT2D eigenvalue weighted by molar-refractivity contribution is 5.82. The number of benzene rings is 1. The predicted molar refractivity (Wildman–Crippen MR) is 178 cm³/mol. The van der Waals surface area contributed by atoms with Crippen LogP contribution in [0.4, 0.5) is 11.5 Å². The number of hydrogen-bond donors (Lipinski definition) is 2. The summed E-state index contributed by atoms with van der Waals surface area (Å²) in [5.41, 5.74) is 14.8. The van der Waals surface area contributed by atoms with Crippen LogP contribution in [0, 0.1) is 11.8 Å². The highest BCUT2D eigenvalue weighted by Crippen LogP contribution is 2.45. The maximum absolute atomic E-state index is 12.6. The Balaban J connectivity index is 0.000000679. The molecule has 11 heteroatoms. The lowest BCUT2D eigenvalue weighted by atomic mass is 9.75. The summed E-state index contributed by atoms with van der Waals surface area (Å²) in [6.07, 6.45) is 10.5. The SMILES string of the molecule is CC(C)N(C[C@H]1O[C@@H](n2cnc3c(N)ncnc32)[C@@H]2OC(C)(C)O[C@@H]21)C1CC(CCC(=O)Cc2ccccc2N)C1.CC1CCC1. The predicted octanol–water partition coefficient (Wildman–Crippen LogP) is 5.30. The van der Waals surface area contributed by atoms with Gasteiger partial charge in [0.2, 0.25) is 0 Å². The van der Waals surface area contributed by atoms with Gasteiger partial charge < -0.3 is 25.7 Å². The number of hydrogen-bond acceptors (Lipinski definition) is 10. The Bertz CT molecular complexity index is 1500. The van der Waals surface area contributed by atoms with Crippen LogP contribution in [-0.4, -0.2) is 72.9 Å². The quantitative estimate of drug-likeness (QED) is 0.283. The molecular weight excluding hydrogens is 582 g/mol. The number of anilines is 2. The second-order valence-corrected chi connectivity index (χ2v) is 14.5. The third-order valence-electron chi connectivity index (χ3n) is 10.2. The van der Waals surface area contributed by atoms with Gasteiger partial charge in [0, 0.05) is 37.2 Å². The van der Waals surface area contributed by atoms with Crippen LogP contribution in [0.5, 0.6) is 0 Å². The van der Waals surface area contributed by atoms with Crippen LogP contribution >= 0.6 is 0 Å². The molecule has 0 amide bonds. The van der Waals surface area contributed by atoms with E-state index in [1.807, 2.05) is 42.7 Å². The van der Waals surface area contributed by atoms with Crippen LogP contribution in [0.25, 0.3) is 11.2 Å². The zero-order valence-corrected chi connectivity index (χ0v) is 28.0. The molecule has 250 valence electrons. The summed E-state index contributed by atoms with van der Waals surface area (Å²) in [5.74, 6) is 1.48. The van der Waals surface area contributed by atoms with Crippen LogP contribution in [-0.2, 0) is 25.4 Å². The molecule has 0 bridgehead atoms. The van der Waals surface area contributed by atoms with Crippen molar-refractivity contribution in [2.75, 3.05) is 18.0 Å². The molecule has 2 aliphatic heterocycles. The van der Waals surface area contributed by atoms with E-state index in [9.17, 15) is 4.79 Å². The first-order chi connectivity index (χ1) is 22.0. The average molecular weight is 634 g/mol. The van der Waals surface area contributed by atoms with Crippen LogP contribution in [0.3, 0.4) is 0 Å². The minimum absolute atomic E-state index is 0.192. The zero-order chi connectivity index (χ0) is 32.6. The van der Waals surface area contributed by atoms with Gasteiger partial charge in [-0.25, -0.2) is 15.0 Å². The summed E-state index contributed by atoms with van der Waals surface area (Å²) < 4.78 is 21.3. The van der Waals surface area contributed by atoms with Crippen molar-refractivity contribution in [2.24, 2.45) is 11.8 Å². The third-order valence-corrected chi connectivity index (χ3v) is 10.2. The summed E-state index contributed by atoms with van der Waals surface area (Å²) in [6.45, 7) is 11.4. The molecule has 4 heterocycles. The molecule has 7 rings (SSSR count). The van der Waals surface area contributed by atoms with Crippen molar-refractivity contribution in [3.8, 4) is 0 Å². The molecule has 11 nitrogen and oxygen atoms in total. The van der Waals surface area contributed by atoms with Crippen molar-refractivity contribution >= 4 is 28.5 Å². The molecule has 2 saturated heterocycles. The second-order valence-electron chi connectivity index (χ2n) is 14.5. The van der Waals surface area contributed by atoms with Gasteiger partial charge in [0.25, 0.3) is 0 Å². The average Bonchev–Trinajstić information content (AvgIpc) is 3.63. The summed E-state index contributed by atoms with van der Waals surface area (Å²) in [7, 11) is 0. The van der Waals surface area contributed by atoms with Crippen molar-refractivity contribution in [3.05, 3.63) is 42.5 Å². The lowest BCUT2D eigenvalue weighted by molar-refractivity contribution is -0.199. The number of para-hydroxylation sites is 1. The molecule has 0 spiro atoms. The number of nitrogens with two attached hydrogens (primary N) is 2. The fraction of sp³-hybridized carbons (Fsp3) is 0.657. The van der Waals surface area contributed by atoms with Crippen LogP contribution in [0.1, 0.15) is 91.4 Å². The fourth-order valence-corrected chi connectivity index (χ4v) is 7.26. The van der Waals surface area contributed by atoms with E-state index in [1.165, 1.54) is 25.6 Å². The van der Waals surface area contributed by atoms with E-state index < -0.39 is 12.0 Å². The Labute approximate surface area is 272 Å². The second kappa shape index (κ2) is 13.5. The number of fused-ring (bicyclic) bond motifs is 2. The number of carbonyl (C=O) groups excluding carboxylic acids is 1. The van der Waals surface area contributed by atoms with Crippen LogP contribution in [0.2, 0.25) is 0 Å². The number of imidazole rings is 1. The van der Waals surface area contributed by atoms with Gasteiger partial charge in [0.1, 0.15) is 35.9 Å². The first-order valence-corrected chi connectivity index (χ1v) is 17.0. The van der Waals surface area contributed by atoms with Gasteiger partial charge in [-0.3, -0.25) is 14.3 Å². The molecule has 46 heavy (non-hydrogen) atoms. The molecule has 4 atom stereocenters. The Kier molecular flexibility index (Phi) is 9.66. The number of Topliss-reactive ketones (excluding diaryl/α,β-unsaturated/α-hetero) is 1. The van der Waals surface area contributed by atoms with E-state index in [2.05, 4.69) is 40.6 Å². The molecule has 0 unspecified atom stereocenters. The van der Waals surface area contributed by atoms with Crippen molar-refractivity contribution in [1.29, 1.82) is 0 Å². The monoisotopic (exact) mass is 633 g/mol. The molecule has 0 radical (unpaired) electrons. The smallest absolute Gasteiger partial charge is 0.167 e. The van der Waals surface area contributed by atoms with E-state index in [4.69, 9.17) is 25.7 Å². The largest absolute Gasteiger partial charge is 0.398 e. The summed E-state index contributed by atoms with van der Waals surface area (Å²) >= 11 is 0. The van der Waals surface area contributed by atoms with Gasteiger partial charge in [-0.05, 0) is 70.4 Å². The van der Waals surface area contributed by atoms with Crippen LogP contribution < -0.4 is 11.5 Å². The van der Waals surface area contributed by atoms with Gasteiger partial charge in [-0.1, -0.05) is 44.4 Å². The van der Waals surface area contributed by atoms with Crippen molar-refractivity contribution in [3.63, 3.8) is 0 Å². The van der Waals surface area contributed by atoms with Gasteiger partial charge in [-0.2, -0.15) is 0 Å². The van der Waals surface area contributed by atoms with E-state index in [0.717, 1.165) is 37.3 Å².